The standard InChI is InChI=1S/C63H68O6P2/c1-57(2,3)44-34-35-53-54(40-44)65-70(64-53)66-55-47(36-45(58(4,5)6)38-51(55)60(10,11)12)48-37-46(59(7,8)9)39-52-56(48)67-71-68-62(41-26-18-15-19-27-41,42-28-20-16-21-29-42)63(69-71,43-30-22-17-23-31-43)50-33-25-24-32-49(50)61(52,13)14/h15-40H,1-14H3. The number of benzene rings is 7. The summed E-state index contributed by atoms with van der Waals surface area (Å²) in [5, 5.41) is 0. The van der Waals surface area contributed by atoms with Crippen molar-refractivity contribution in [3.05, 3.63) is 213 Å². The molecule has 3 atom stereocenters. The highest BCUT2D eigenvalue weighted by Crippen LogP contribution is 2.73. The Morgan fingerprint density at radius 3 is 1.44 bits per heavy atom. The zero-order valence-corrected chi connectivity index (χ0v) is 45.6. The van der Waals surface area contributed by atoms with Crippen LogP contribution >= 0.6 is 17.2 Å². The Hall–Kier alpha value is -5.48. The van der Waals surface area contributed by atoms with E-state index in [1.807, 2.05) is 6.07 Å². The van der Waals surface area contributed by atoms with Crippen LogP contribution in [-0.4, -0.2) is 0 Å². The monoisotopic (exact) mass is 982 g/mol. The van der Waals surface area contributed by atoms with Gasteiger partial charge in [0.2, 0.25) is 0 Å². The quantitative estimate of drug-likeness (QED) is 0.155. The van der Waals surface area contributed by atoms with Crippen molar-refractivity contribution in [1.29, 1.82) is 0 Å². The fourth-order valence-electron chi connectivity index (χ4n) is 10.5. The molecular weight excluding hydrogens is 915 g/mol. The molecule has 71 heavy (non-hydrogen) atoms. The molecule has 0 saturated carbocycles. The predicted octanol–water partition coefficient (Wildman–Crippen LogP) is 17.8. The van der Waals surface area contributed by atoms with E-state index >= 15 is 0 Å². The molecule has 0 spiro atoms. The number of fused-ring (bicyclic) bond motifs is 6. The topological polar surface area (TPSA) is 55.4 Å². The second-order valence-electron chi connectivity index (χ2n) is 24.1. The first-order chi connectivity index (χ1) is 33.4. The van der Waals surface area contributed by atoms with Gasteiger partial charge in [0.15, 0.2) is 22.7 Å². The molecule has 366 valence electrons. The molecule has 1 fully saturated rings. The summed E-state index contributed by atoms with van der Waals surface area (Å²) in [5.74, 6) is 2.74. The molecule has 7 aromatic carbocycles. The van der Waals surface area contributed by atoms with Gasteiger partial charge in [-0.15, -0.1) is 0 Å². The van der Waals surface area contributed by atoms with Crippen molar-refractivity contribution in [3.8, 4) is 34.1 Å². The fourth-order valence-corrected chi connectivity index (χ4v) is 13.1. The molecule has 3 aliphatic heterocycles. The highest BCUT2D eigenvalue weighted by molar-refractivity contribution is 7.43. The van der Waals surface area contributed by atoms with Crippen LogP contribution in [0.15, 0.2) is 158 Å². The summed E-state index contributed by atoms with van der Waals surface area (Å²) in [5.41, 5.74) is 8.27. The fraction of sp³-hybridized carbons (Fsp3) is 0.333. The normalized spacial score (nSPS) is 20.2. The molecule has 2 bridgehead atoms. The van der Waals surface area contributed by atoms with Crippen LogP contribution in [0.25, 0.3) is 11.1 Å². The van der Waals surface area contributed by atoms with E-state index in [1.165, 1.54) is 5.56 Å². The second kappa shape index (κ2) is 17.3. The minimum Gasteiger partial charge on any atom is -0.426 e. The maximum Gasteiger partial charge on any atom is 0.530 e. The first-order valence-corrected chi connectivity index (χ1v) is 27.1. The van der Waals surface area contributed by atoms with Gasteiger partial charge >= 0.3 is 17.2 Å². The van der Waals surface area contributed by atoms with Crippen LogP contribution in [0.5, 0.6) is 23.0 Å². The summed E-state index contributed by atoms with van der Waals surface area (Å²) >= 11 is 0. The van der Waals surface area contributed by atoms with Gasteiger partial charge in [0, 0.05) is 27.7 Å². The van der Waals surface area contributed by atoms with E-state index in [0.717, 1.165) is 61.2 Å². The van der Waals surface area contributed by atoms with Gasteiger partial charge in [-0.2, -0.15) is 0 Å². The Kier molecular flexibility index (Phi) is 12.0. The van der Waals surface area contributed by atoms with E-state index in [1.54, 1.807) is 0 Å². The van der Waals surface area contributed by atoms with E-state index < -0.39 is 33.8 Å². The Morgan fingerprint density at radius 2 is 0.887 bits per heavy atom. The van der Waals surface area contributed by atoms with Crippen LogP contribution in [0.3, 0.4) is 0 Å². The van der Waals surface area contributed by atoms with Gasteiger partial charge in [0.1, 0.15) is 11.5 Å². The van der Waals surface area contributed by atoms with Crippen molar-refractivity contribution >= 4 is 17.2 Å². The Morgan fingerprint density at radius 1 is 0.408 bits per heavy atom. The van der Waals surface area contributed by atoms with E-state index in [0.29, 0.717) is 23.0 Å². The Balaban J connectivity index is 1.29. The third kappa shape index (κ3) is 8.38. The summed E-state index contributed by atoms with van der Waals surface area (Å²) in [6, 6.07) is 56.0. The molecule has 0 aliphatic carbocycles. The van der Waals surface area contributed by atoms with Crippen molar-refractivity contribution in [2.45, 2.75) is 135 Å². The van der Waals surface area contributed by atoms with E-state index in [2.05, 4.69) is 249 Å². The molecule has 0 aromatic heterocycles. The van der Waals surface area contributed by atoms with Crippen LogP contribution in [-0.2, 0) is 47.3 Å². The average molecular weight is 983 g/mol. The molecule has 0 amide bonds. The number of hydrogen-bond acceptors (Lipinski definition) is 6. The van der Waals surface area contributed by atoms with Gasteiger partial charge in [-0.1, -0.05) is 230 Å². The van der Waals surface area contributed by atoms with E-state index in [9.17, 15) is 0 Å². The highest BCUT2D eigenvalue weighted by atomic mass is 31.2. The average Bonchev–Trinajstić information content (AvgIpc) is 3.91. The SMILES string of the molecule is CC(C)(C)c1ccc2c(c1)OP(Oc1c(-c3cc(C(C)(C)C)cc4c3OP3OC(c5ccccc5)(c5ccccc5)C(c5ccccc5)(O3)c3ccccc3C4(C)C)cc(C(C)(C)C)cc1C(C)(C)C)O2. The Labute approximate surface area is 425 Å². The lowest BCUT2D eigenvalue weighted by Crippen LogP contribution is -2.50. The van der Waals surface area contributed by atoms with Gasteiger partial charge in [-0.05, 0) is 90.4 Å². The molecule has 10 rings (SSSR count). The summed E-state index contributed by atoms with van der Waals surface area (Å²) in [7, 11) is -4.08. The lowest BCUT2D eigenvalue weighted by Gasteiger charge is -2.46. The maximum atomic E-state index is 7.86. The van der Waals surface area contributed by atoms with Crippen LogP contribution in [0.4, 0.5) is 0 Å². The minimum atomic E-state index is -2.17. The Bertz CT molecular complexity index is 3080. The summed E-state index contributed by atoms with van der Waals surface area (Å²) < 4.78 is 44.0. The first-order valence-electron chi connectivity index (χ1n) is 24.9. The largest absolute Gasteiger partial charge is 0.530 e. The van der Waals surface area contributed by atoms with Crippen molar-refractivity contribution in [1.82, 2.24) is 0 Å². The molecule has 7 aromatic rings. The molecule has 6 nitrogen and oxygen atoms in total. The molecule has 3 heterocycles. The molecule has 8 heteroatoms. The van der Waals surface area contributed by atoms with E-state index in [-0.39, 0.29) is 21.7 Å². The molecule has 1 saturated heterocycles. The third-order valence-electron chi connectivity index (χ3n) is 14.6. The number of hydrogen-bond donors (Lipinski definition) is 0. The van der Waals surface area contributed by atoms with Crippen molar-refractivity contribution in [2.24, 2.45) is 0 Å². The lowest BCUT2D eigenvalue weighted by atomic mass is 9.62. The van der Waals surface area contributed by atoms with Gasteiger partial charge in [-0.3, -0.25) is 9.05 Å². The third-order valence-corrected chi connectivity index (χ3v) is 16.8. The zero-order valence-electron chi connectivity index (χ0n) is 43.9. The van der Waals surface area contributed by atoms with Gasteiger partial charge in [0.05, 0.1) is 0 Å². The van der Waals surface area contributed by atoms with E-state index in [4.69, 9.17) is 27.1 Å². The molecule has 3 unspecified atom stereocenters. The lowest BCUT2D eigenvalue weighted by molar-refractivity contribution is 0.00259. The van der Waals surface area contributed by atoms with Crippen LogP contribution in [0, 0.1) is 0 Å². The zero-order chi connectivity index (χ0) is 50.5. The molecular formula is C63H68O6P2. The van der Waals surface area contributed by atoms with Gasteiger partial charge in [-0.25, -0.2) is 0 Å². The minimum absolute atomic E-state index is 0.0706. The van der Waals surface area contributed by atoms with Crippen molar-refractivity contribution in [3.63, 3.8) is 0 Å². The maximum absolute atomic E-state index is 7.86. The van der Waals surface area contributed by atoms with Crippen molar-refractivity contribution in [2.75, 3.05) is 0 Å². The first kappa shape index (κ1) is 49.1. The molecule has 0 N–H and O–H groups in total. The predicted molar refractivity (Wildman–Crippen MR) is 291 cm³/mol. The van der Waals surface area contributed by atoms with Gasteiger partial charge < -0.3 is 18.1 Å². The number of rotatable bonds is 6. The van der Waals surface area contributed by atoms with Crippen molar-refractivity contribution < 1.29 is 27.1 Å². The molecule has 0 radical (unpaired) electrons. The van der Waals surface area contributed by atoms with Crippen LogP contribution in [0.1, 0.15) is 153 Å². The van der Waals surface area contributed by atoms with Gasteiger partial charge in [0.25, 0.3) is 0 Å². The summed E-state index contributed by atoms with van der Waals surface area (Å²) in [6.45, 7) is 31.7. The summed E-state index contributed by atoms with van der Waals surface area (Å²) in [4.78, 5) is 0. The smallest absolute Gasteiger partial charge is 0.426 e. The van der Waals surface area contributed by atoms with Crippen LogP contribution in [0.2, 0.25) is 0 Å². The summed E-state index contributed by atoms with van der Waals surface area (Å²) in [6.07, 6.45) is 0. The highest BCUT2D eigenvalue weighted by Gasteiger charge is 2.68. The second-order valence-corrected chi connectivity index (χ2v) is 26.1. The van der Waals surface area contributed by atoms with Crippen LogP contribution < -0.4 is 18.1 Å². The molecule has 3 aliphatic rings.